The fraction of sp³-hybridized carbons (Fsp3) is 0.167. The number of carbonyl (C=O) groups excluding carboxylic acids is 2. The Kier molecular flexibility index (Phi) is 5.26. The average Bonchev–Trinajstić information content (AvgIpc) is 3.17. The number of amides is 2. The van der Waals surface area contributed by atoms with Gasteiger partial charge in [-0.2, -0.15) is 0 Å². The predicted molar refractivity (Wildman–Crippen MR) is 126 cm³/mol. The average molecular weight is 463 g/mol. The van der Waals surface area contributed by atoms with E-state index in [1.165, 1.54) is 34.4 Å². The quantitative estimate of drug-likeness (QED) is 0.498. The van der Waals surface area contributed by atoms with E-state index in [0.717, 1.165) is 0 Å². The fourth-order valence-corrected chi connectivity index (χ4v) is 5.02. The lowest BCUT2D eigenvalue weighted by Gasteiger charge is -2.28. The first-order valence-corrected chi connectivity index (χ1v) is 11.2. The van der Waals surface area contributed by atoms with Gasteiger partial charge in [0, 0.05) is 23.4 Å². The normalized spacial score (nSPS) is 15.8. The molecule has 0 spiro atoms. The molecule has 0 saturated carbocycles. The monoisotopic (exact) mass is 462 g/mol. The Hall–Kier alpha value is -3.85. The second kappa shape index (κ2) is 8.25. The summed E-state index contributed by atoms with van der Waals surface area (Å²) in [5.74, 6) is -0.861. The van der Waals surface area contributed by atoms with Crippen LogP contribution in [0.15, 0.2) is 65.0 Å². The Balaban J connectivity index is 1.53. The molecule has 1 aliphatic rings. The lowest BCUT2D eigenvalue weighted by Crippen LogP contribution is -2.42. The van der Waals surface area contributed by atoms with E-state index in [9.17, 15) is 18.8 Å². The van der Waals surface area contributed by atoms with Crippen LogP contribution in [0.3, 0.4) is 0 Å². The van der Waals surface area contributed by atoms with E-state index in [-0.39, 0.29) is 42.2 Å². The summed E-state index contributed by atoms with van der Waals surface area (Å²) in [6.45, 7) is 1.57. The molecule has 33 heavy (non-hydrogen) atoms. The standard InChI is InChI=1S/C24H19FN4O3S/c1-14-10-20(30)27-18-4-2-3-5-19(18)29(14)21(31)11-28-13-26-23-22(24(28)32)17(12-33-23)15-6-8-16(25)9-7-15/h2-9,12-14H,10-11H2,1H3,(H,27,30). The maximum Gasteiger partial charge on any atom is 0.263 e. The largest absolute Gasteiger partial charge is 0.324 e. The van der Waals surface area contributed by atoms with Crippen LogP contribution in [0.1, 0.15) is 13.3 Å². The molecular formula is C24H19FN4O3S. The maximum atomic E-state index is 13.4. The lowest BCUT2D eigenvalue weighted by molar-refractivity contribution is -0.120. The lowest BCUT2D eigenvalue weighted by atomic mass is 10.1. The van der Waals surface area contributed by atoms with Crippen LogP contribution in [0.5, 0.6) is 0 Å². The van der Waals surface area contributed by atoms with Crippen molar-refractivity contribution < 1.29 is 14.0 Å². The van der Waals surface area contributed by atoms with Gasteiger partial charge >= 0.3 is 0 Å². The summed E-state index contributed by atoms with van der Waals surface area (Å²) in [6, 6.07) is 12.6. The van der Waals surface area contributed by atoms with E-state index in [1.807, 2.05) is 5.38 Å². The van der Waals surface area contributed by atoms with Crippen molar-refractivity contribution >= 4 is 44.7 Å². The summed E-state index contributed by atoms with van der Waals surface area (Å²) in [7, 11) is 0. The molecule has 9 heteroatoms. The number of thiophene rings is 1. The number of carbonyl (C=O) groups is 2. The Morgan fingerprint density at radius 2 is 1.94 bits per heavy atom. The Bertz CT molecular complexity index is 1440. The molecule has 4 aromatic rings. The Morgan fingerprint density at radius 1 is 1.18 bits per heavy atom. The van der Waals surface area contributed by atoms with Gasteiger partial charge in [0.1, 0.15) is 17.2 Å². The van der Waals surface area contributed by atoms with Gasteiger partial charge in [0.2, 0.25) is 11.8 Å². The topological polar surface area (TPSA) is 84.3 Å². The summed E-state index contributed by atoms with van der Waals surface area (Å²) in [4.78, 5) is 45.4. The number of benzene rings is 2. The molecule has 166 valence electrons. The van der Waals surface area contributed by atoms with Gasteiger partial charge in [0.05, 0.1) is 23.1 Å². The molecule has 0 saturated heterocycles. The van der Waals surface area contributed by atoms with Gasteiger partial charge < -0.3 is 10.2 Å². The molecule has 1 N–H and O–H groups in total. The zero-order chi connectivity index (χ0) is 23.1. The molecule has 1 aliphatic heterocycles. The molecule has 2 aromatic carbocycles. The molecule has 1 atom stereocenters. The predicted octanol–water partition coefficient (Wildman–Crippen LogP) is 4.03. The van der Waals surface area contributed by atoms with Gasteiger partial charge in [-0.3, -0.25) is 19.0 Å². The van der Waals surface area contributed by atoms with Crippen molar-refractivity contribution in [3.05, 3.63) is 76.4 Å². The van der Waals surface area contributed by atoms with Gasteiger partial charge in [0.15, 0.2) is 0 Å². The number of aromatic nitrogens is 2. The first-order valence-electron chi connectivity index (χ1n) is 10.4. The summed E-state index contributed by atoms with van der Waals surface area (Å²) in [5.41, 5.74) is 2.14. The highest BCUT2D eigenvalue weighted by atomic mass is 32.1. The fourth-order valence-electron chi connectivity index (χ4n) is 4.11. The summed E-state index contributed by atoms with van der Waals surface area (Å²) >= 11 is 1.32. The zero-order valence-electron chi connectivity index (χ0n) is 17.6. The van der Waals surface area contributed by atoms with Crippen molar-refractivity contribution in [2.75, 3.05) is 10.2 Å². The smallest absolute Gasteiger partial charge is 0.263 e. The summed E-state index contributed by atoms with van der Waals surface area (Å²) in [6.07, 6.45) is 1.51. The number of hydrogen-bond donors (Lipinski definition) is 1. The maximum absolute atomic E-state index is 13.4. The number of nitrogens with zero attached hydrogens (tertiary/aromatic N) is 3. The minimum atomic E-state index is -0.385. The number of para-hydroxylation sites is 2. The van der Waals surface area contributed by atoms with E-state index in [4.69, 9.17) is 0 Å². The molecule has 0 fully saturated rings. The van der Waals surface area contributed by atoms with Crippen molar-refractivity contribution in [1.82, 2.24) is 9.55 Å². The van der Waals surface area contributed by atoms with E-state index in [2.05, 4.69) is 10.3 Å². The highest BCUT2D eigenvalue weighted by molar-refractivity contribution is 7.17. The second-order valence-electron chi connectivity index (χ2n) is 7.90. The van der Waals surface area contributed by atoms with Crippen LogP contribution in [0.2, 0.25) is 0 Å². The molecular weight excluding hydrogens is 443 g/mol. The summed E-state index contributed by atoms with van der Waals surface area (Å²) < 4.78 is 14.6. The molecule has 3 heterocycles. The van der Waals surface area contributed by atoms with Crippen LogP contribution in [0, 0.1) is 5.82 Å². The first kappa shape index (κ1) is 21.0. The van der Waals surface area contributed by atoms with Gasteiger partial charge in [-0.25, -0.2) is 9.37 Å². The third kappa shape index (κ3) is 3.80. The van der Waals surface area contributed by atoms with Crippen LogP contribution in [-0.4, -0.2) is 27.4 Å². The van der Waals surface area contributed by atoms with Crippen LogP contribution in [-0.2, 0) is 16.1 Å². The SMILES string of the molecule is CC1CC(=O)Nc2ccccc2N1C(=O)Cn1cnc2scc(-c3ccc(F)cc3)c2c1=O. The van der Waals surface area contributed by atoms with E-state index < -0.39 is 0 Å². The Morgan fingerprint density at radius 3 is 2.73 bits per heavy atom. The van der Waals surface area contributed by atoms with Crippen molar-refractivity contribution in [2.45, 2.75) is 25.9 Å². The third-order valence-electron chi connectivity index (χ3n) is 5.65. The minimum absolute atomic E-state index is 0.145. The number of hydrogen-bond acceptors (Lipinski definition) is 5. The highest BCUT2D eigenvalue weighted by Crippen LogP contribution is 2.32. The number of rotatable bonds is 3. The van der Waals surface area contributed by atoms with E-state index in [1.54, 1.807) is 48.2 Å². The number of halogens is 1. The molecule has 2 aromatic heterocycles. The van der Waals surface area contributed by atoms with Crippen molar-refractivity contribution in [3.8, 4) is 11.1 Å². The molecule has 5 rings (SSSR count). The van der Waals surface area contributed by atoms with E-state index >= 15 is 0 Å². The minimum Gasteiger partial charge on any atom is -0.324 e. The molecule has 0 bridgehead atoms. The first-order chi connectivity index (χ1) is 15.9. The van der Waals surface area contributed by atoms with Crippen LogP contribution < -0.4 is 15.8 Å². The molecule has 2 amide bonds. The van der Waals surface area contributed by atoms with E-state index in [0.29, 0.717) is 32.7 Å². The molecule has 1 unspecified atom stereocenters. The van der Waals surface area contributed by atoms with Gasteiger partial charge in [-0.15, -0.1) is 11.3 Å². The van der Waals surface area contributed by atoms with Crippen molar-refractivity contribution in [1.29, 1.82) is 0 Å². The molecule has 0 aliphatic carbocycles. The second-order valence-corrected chi connectivity index (χ2v) is 8.75. The number of anilines is 2. The van der Waals surface area contributed by atoms with Crippen molar-refractivity contribution in [2.24, 2.45) is 0 Å². The highest BCUT2D eigenvalue weighted by Gasteiger charge is 2.30. The van der Waals surface area contributed by atoms with Gasteiger partial charge in [0.25, 0.3) is 5.56 Å². The third-order valence-corrected chi connectivity index (χ3v) is 6.54. The van der Waals surface area contributed by atoms with Gasteiger partial charge in [-0.05, 0) is 36.8 Å². The van der Waals surface area contributed by atoms with Crippen LogP contribution >= 0.6 is 11.3 Å². The number of nitrogens with one attached hydrogen (secondary N) is 1. The van der Waals surface area contributed by atoms with Crippen LogP contribution in [0.25, 0.3) is 21.3 Å². The van der Waals surface area contributed by atoms with Crippen LogP contribution in [0.4, 0.5) is 15.8 Å². The Labute approximate surface area is 192 Å². The molecule has 0 radical (unpaired) electrons. The van der Waals surface area contributed by atoms with Crippen molar-refractivity contribution in [3.63, 3.8) is 0 Å². The number of fused-ring (bicyclic) bond motifs is 2. The summed E-state index contributed by atoms with van der Waals surface area (Å²) in [5, 5.41) is 5.02. The van der Waals surface area contributed by atoms with Gasteiger partial charge in [-0.1, -0.05) is 24.3 Å². The zero-order valence-corrected chi connectivity index (χ0v) is 18.4. The molecule has 7 nitrogen and oxygen atoms in total.